The molecule has 1 heterocycles. The van der Waals surface area contributed by atoms with E-state index in [4.69, 9.17) is 0 Å². The Labute approximate surface area is 128 Å². The van der Waals surface area contributed by atoms with Gasteiger partial charge in [-0.25, -0.2) is 5.01 Å². The molecule has 0 fully saturated rings. The number of hydrazone groups is 1. The van der Waals surface area contributed by atoms with E-state index in [1.165, 1.54) is 5.01 Å². The van der Waals surface area contributed by atoms with E-state index >= 15 is 0 Å². The summed E-state index contributed by atoms with van der Waals surface area (Å²) in [7, 11) is 0. The van der Waals surface area contributed by atoms with E-state index in [0.29, 0.717) is 0 Å². The van der Waals surface area contributed by atoms with Gasteiger partial charge in [0, 0.05) is 11.8 Å². The molecule has 120 valence electrons. The van der Waals surface area contributed by atoms with Gasteiger partial charge in [-0.3, -0.25) is 0 Å². The first-order valence-corrected chi connectivity index (χ1v) is 7.19. The van der Waals surface area contributed by atoms with Crippen LogP contribution in [0.25, 0.3) is 0 Å². The van der Waals surface area contributed by atoms with Gasteiger partial charge in [0.05, 0.1) is 17.7 Å². The van der Waals surface area contributed by atoms with Gasteiger partial charge in [0.15, 0.2) is 6.23 Å². The van der Waals surface area contributed by atoms with Crippen LogP contribution < -0.4 is 5.01 Å². The predicted octanol–water partition coefficient (Wildman–Crippen LogP) is 2.03. The normalized spacial score (nSPS) is 20.6. The monoisotopic (exact) mass is 296 g/mol. The zero-order valence-corrected chi connectivity index (χ0v) is 13.8. The summed E-state index contributed by atoms with van der Waals surface area (Å²) in [6.07, 6.45) is -1.45. The second-order valence-electron chi connectivity index (χ2n) is 3.96. The van der Waals surface area contributed by atoms with Crippen molar-refractivity contribution in [3.05, 3.63) is 30.3 Å². The zero-order chi connectivity index (χ0) is 15.7. The van der Waals surface area contributed by atoms with E-state index in [9.17, 15) is 10.2 Å². The number of anilines is 1. The van der Waals surface area contributed by atoms with Crippen molar-refractivity contribution < 1.29 is 15.7 Å². The molecule has 0 bridgehead atoms. The van der Waals surface area contributed by atoms with Gasteiger partial charge < -0.3 is 15.7 Å². The summed E-state index contributed by atoms with van der Waals surface area (Å²) in [5.74, 6) is -0.343. The van der Waals surface area contributed by atoms with Crippen molar-refractivity contribution in [1.82, 2.24) is 0 Å². The smallest absolute Gasteiger partial charge is 0.158 e. The molecule has 2 rings (SSSR count). The lowest BCUT2D eigenvalue weighted by Crippen LogP contribution is -2.38. The third-order valence-corrected chi connectivity index (χ3v) is 2.74. The molecule has 1 aromatic rings. The fourth-order valence-electron chi connectivity index (χ4n) is 1.95. The van der Waals surface area contributed by atoms with Crippen molar-refractivity contribution in [2.75, 3.05) is 5.01 Å². The van der Waals surface area contributed by atoms with Gasteiger partial charge in [-0.1, -0.05) is 39.8 Å². The lowest BCUT2D eigenvalue weighted by atomic mass is 9.98. The number of hydrogen-bond acceptors (Lipinski definition) is 4. The molecule has 1 aliphatic heterocycles. The van der Waals surface area contributed by atoms with E-state index in [-0.39, 0.29) is 11.4 Å². The minimum absolute atomic E-state index is 0. The van der Waals surface area contributed by atoms with Crippen LogP contribution in [0, 0.1) is 18.1 Å². The second kappa shape index (κ2) is 11.1. The summed E-state index contributed by atoms with van der Waals surface area (Å²) in [6, 6.07) is 10.8. The Morgan fingerprint density at radius 1 is 1.24 bits per heavy atom. The van der Waals surface area contributed by atoms with Gasteiger partial charge in [0.2, 0.25) is 0 Å². The summed E-state index contributed by atoms with van der Waals surface area (Å²) < 4.78 is 0. The van der Waals surface area contributed by atoms with Crippen LogP contribution >= 0.6 is 0 Å². The van der Waals surface area contributed by atoms with Crippen LogP contribution in [-0.2, 0) is 0 Å². The average molecular weight is 296 g/mol. The van der Waals surface area contributed by atoms with Crippen LogP contribution in [0.1, 0.15) is 41.5 Å². The van der Waals surface area contributed by atoms with Gasteiger partial charge in [0.1, 0.15) is 0 Å². The molecule has 5 heteroatoms. The zero-order valence-electron chi connectivity index (χ0n) is 13.8. The van der Waals surface area contributed by atoms with Crippen LogP contribution in [-0.4, -0.2) is 33.7 Å². The lowest BCUT2D eigenvalue weighted by Gasteiger charge is -2.24. The van der Waals surface area contributed by atoms with E-state index in [2.05, 4.69) is 17.2 Å². The fraction of sp³-hybridized carbons (Fsp3) is 0.562. The third kappa shape index (κ3) is 5.35. The molecule has 0 aromatic heterocycles. The van der Waals surface area contributed by atoms with Crippen LogP contribution in [0.4, 0.5) is 5.69 Å². The van der Waals surface area contributed by atoms with E-state index in [1.54, 1.807) is 32.0 Å². The van der Waals surface area contributed by atoms with Gasteiger partial charge >= 0.3 is 0 Å². The van der Waals surface area contributed by atoms with Crippen LogP contribution in [0.3, 0.4) is 0 Å². The summed E-state index contributed by atoms with van der Waals surface area (Å²) in [4.78, 5) is 0. The SMILES string of the molecule is CC.CC.CC1=NN(c2cc#ccc2)C(O)C1C(C)O.O. The van der Waals surface area contributed by atoms with Crippen molar-refractivity contribution in [2.24, 2.45) is 11.0 Å². The quantitative estimate of drug-likeness (QED) is 0.875. The lowest BCUT2D eigenvalue weighted by molar-refractivity contribution is 0.0635. The topological polar surface area (TPSA) is 87.6 Å². The third-order valence-electron chi connectivity index (χ3n) is 2.74. The highest BCUT2D eigenvalue weighted by molar-refractivity contribution is 5.89. The maximum absolute atomic E-state index is 10.1. The van der Waals surface area contributed by atoms with E-state index in [0.717, 1.165) is 11.4 Å². The Hall–Kier alpha value is -1.61. The van der Waals surface area contributed by atoms with E-state index in [1.807, 2.05) is 27.7 Å². The van der Waals surface area contributed by atoms with Crippen molar-refractivity contribution in [1.29, 1.82) is 0 Å². The highest BCUT2D eigenvalue weighted by Crippen LogP contribution is 2.28. The van der Waals surface area contributed by atoms with Crippen molar-refractivity contribution in [3.8, 4) is 0 Å². The van der Waals surface area contributed by atoms with Crippen molar-refractivity contribution >= 4 is 11.4 Å². The summed E-state index contributed by atoms with van der Waals surface area (Å²) in [5, 5.41) is 25.4. The first-order chi connectivity index (χ1) is 9.61. The van der Waals surface area contributed by atoms with Gasteiger partial charge in [-0.05, 0) is 26.0 Å². The maximum atomic E-state index is 10.1. The summed E-state index contributed by atoms with van der Waals surface area (Å²) >= 11 is 0. The molecule has 1 aliphatic rings. The molecule has 3 unspecified atom stereocenters. The largest absolute Gasteiger partial charge is 0.412 e. The number of nitrogens with zero attached hydrogens (tertiary/aromatic N) is 2. The van der Waals surface area contributed by atoms with Crippen LogP contribution in [0.15, 0.2) is 23.3 Å². The maximum Gasteiger partial charge on any atom is 0.158 e. The Bertz CT molecular complexity index is 394. The Morgan fingerprint density at radius 2 is 1.81 bits per heavy atom. The van der Waals surface area contributed by atoms with Crippen LogP contribution in [0.5, 0.6) is 0 Å². The molecule has 0 aliphatic carbocycles. The average Bonchev–Trinajstić information content (AvgIpc) is 2.79. The molecule has 0 radical (unpaired) electrons. The summed E-state index contributed by atoms with van der Waals surface area (Å²) in [6.45, 7) is 11.5. The molecular weight excluding hydrogens is 268 g/mol. The van der Waals surface area contributed by atoms with E-state index < -0.39 is 12.3 Å². The molecule has 4 N–H and O–H groups in total. The Kier molecular flexibility index (Phi) is 11.5. The minimum atomic E-state index is -0.823. The molecular formula is C16H28N2O3. The number of rotatable bonds is 2. The Balaban J connectivity index is 0. The number of hydrogen-bond donors (Lipinski definition) is 2. The first kappa shape index (κ1) is 21.7. The Morgan fingerprint density at radius 3 is 2.19 bits per heavy atom. The molecule has 3 atom stereocenters. The summed E-state index contributed by atoms with van der Waals surface area (Å²) in [5.41, 5.74) is 1.48. The molecule has 0 amide bonds. The van der Waals surface area contributed by atoms with Gasteiger partial charge in [-0.2, -0.15) is 5.10 Å². The van der Waals surface area contributed by atoms with Gasteiger partial charge in [0.25, 0.3) is 0 Å². The van der Waals surface area contributed by atoms with Gasteiger partial charge in [-0.15, -0.1) is 0 Å². The molecule has 21 heavy (non-hydrogen) atoms. The second-order valence-corrected chi connectivity index (χ2v) is 3.96. The van der Waals surface area contributed by atoms with Crippen molar-refractivity contribution in [3.63, 3.8) is 0 Å². The first-order valence-electron chi connectivity index (χ1n) is 7.19. The molecule has 1 aromatic carbocycles. The fourth-order valence-corrected chi connectivity index (χ4v) is 1.95. The standard InChI is InChI=1S/C12H14N2O2.2C2H6.H2O/c1-8-11(9(2)15)12(16)14(13-8)10-6-4-3-5-7-10;2*1-2;/h4,6-7,9,11-12,15-16H,1-2H3;2*1-2H3;1H2. The van der Waals surface area contributed by atoms with Crippen LogP contribution in [0.2, 0.25) is 0 Å². The molecule has 0 spiro atoms. The number of aliphatic hydroxyl groups is 2. The molecule has 0 saturated heterocycles. The predicted molar refractivity (Wildman–Crippen MR) is 87.2 cm³/mol. The number of aliphatic hydroxyl groups excluding tert-OH is 2. The highest BCUT2D eigenvalue weighted by Gasteiger charge is 2.37. The molecule has 5 nitrogen and oxygen atoms in total. The van der Waals surface area contributed by atoms with Crippen molar-refractivity contribution in [2.45, 2.75) is 53.9 Å². The minimum Gasteiger partial charge on any atom is -0.412 e. The highest BCUT2D eigenvalue weighted by atomic mass is 16.3. The molecule has 0 saturated carbocycles.